The van der Waals surface area contributed by atoms with Gasteiger partial charge in [-0.05, 0) is 60.9 Å². The number of rotatable bonds is 7. The van der Waals surface area contributed by atoms with Gasteiger partial charge in [-0.1, -0.05) is 19.9 Å². The molecule has 0 unspecified atom stereocenters. The molecule has 0 spiro atoms. The Labute approximate surface area is 201 Å². The minimum absolute atomic E-state index is 0.0709. The molecular formula is C27H35N5O2. The number of piperidine rings is 1. The van der Waals surface area contributed by atoms with Crippen LogP contribution in [-0.4, -0.2) is 62.6 Å². The summed E-state index contributed by atoms with van der Waals surface area (Å²) < 4.78 is 1.81. The third kappa shape index (κ3) is 4.61. The fraction of sp³-hybridized carbons (Fsp3) is 0.519. The number of hydrogen-bond acceptors (Lipinski definition) is 3. The van der Waals surface area contributed by atoms with E-state index in [0.717, 1.165) is 49.7 Å². The molecule has 180 valence electrons. The topological polar surface area (TPSA) is 74.2 Å². The maximum Gasteiger partial charge on any atom is 0.270 e. The van der Waals surface area contributed by atoms with Crippen LogP contribution in [0.1, 0.15) is 79.4 Å². The lowest BCUT2D eigenvalue weighted by atomic mass is 9.86. The number of H-pyrrole nitrogens is 1. The molecule has 0 bridgehead atoms. The van der Waals surface area contributed by atoms with Gasteiger partial charge in [0.15, 0.2) is 0 Å². The zero-order valence-electron chi connectivity index (χ0n) is 20.5. The molecule has 34 heavy (non-hydrogen) atoms. The Kier molecular flexibility index (Phi) is 6.19. The van der Waals surface area contributed by atoms with E-state index in [-0.39, 0.29) is 11.8 Å². The van der Waals surface area contributed by atoms with E-state index in [1.54, 1.807) is 6.20 Å². The number of carbonyl (C=O) groups is 2. The molecule has 2 aliphatic rings. The molecule has 2 fully saturated rings. The average Bonchev–Trinajstić information content (AvgIpc) is 3.38. The number of carbonyl (C=O) groups excluding carboxylic acids is 2. The van der Waals surface area contributed by atoms with Crippen LogP contribution in [0.4, 0.5) is 0 Å². The maximum atomic E-state index is 13.0. The quantitative estimate of drug-likeness (QED) is 0.562. The summed E-state index contributed by atoms with van der Waals surface area (Å²) in [6.07, 6.45) is 8.39. The molecule has 3 aromatic rings. The molecule has 1 aromatic carbocycles. The average molecular weight is 462 g/mol. The highest BCUT2D eigenvalue weighted by atomic mass is 16.2. The van der Waals surface area contributed by atoms with E-state index in [1.165, 1.54) is 11.1 Å². The van der Waals surface area contributed by atoms with Gasteiger partial charge in [0.05, 0.1) is 0 Å². The minimum atomic E-state index is 0.0709. The van der Waals surface area contributed by atoms with Gasteiger partial charge >= 0.3 is 0 Å². The molecule has 1 saturated carbocycles. The lowest BCUT2D eigenvalue weighted by molar-refractivity contribution is -0.132. The first-order valence-corrected chi connectivity index (χ1v) is 12.6. The highest BCUT2D eigenvalue weighted by Crippen LogP contribution is 2.35. The predicted octanol–water partition coefficient (Wildman–Crippen LogP) is 4.52. The Morgan fingerprint density at radius 2 is 2.03 bits per heavy atom. The molecule has 1 atom stereocenters. The van der Waals surface area contributed by atoms with E-state index in [1.807, 2.05) is 39.9 Å². The van der Waals surface area contributed by atoms with Crippen LogP contribution in [0.15, 0.2) is 36.7 Å². The van der Waals surface area contributed by atoms with Crippen molar-refractivity contribution in [1.82, 2.24) is 24.6 Å². The van der Waals surface area contributed by atoms with Crippen LogP contribution in [-0.2, 0) is 11.3 Å². The van der Waals surface area contributed by atoms with Gasteiger partial charge in [-0.15, -0.1) is 0 Å². The SMILES string of the molecule is CC(C)c1cc([C@@H]2CCCN(C(=O)CCn3cccn3)C2)cc2[nH]c(C(=O)N(C)C3CC3)cc12. The zero-order valence-corrected chi connectivity index (χ0v) is 20.5. The van der Waals surface area contributed by atoms with E-state index in [4.69, 9.17) is 0 Å². The van der Waals surface area contributed by atoms with Crippen LogP contribution in [0.2, 0.25) is 0 Å². The van der Waals surface area contributed by atoms with Crippen molar-refractivity contribution in [2.45, 2.75) is 70.4 Å². The first-order valence-electron chi connectivity index (χ1n) is 12.6. The van der Waals surface area contributed by atoms with Gasteiger partial charge in [0.2, 0.25) is 5.91 Å². The molecule has 0 radical (unpaired) electrons. The summed E-state index contributed by atoms with van der Waals surface area (Å²) in [7, 11) is 1.90. The van der Waals surface area contributed by atoms with E-state index in [0.29, 0.717) is 36.5 Å². The van der Waals surface area contributed by atoms with Crippen LogP contribution in [0.3, 0.4) is 0 Å². The Hall–Kier alpha value is -3.09. The Bertz CT molecular complexity index is 1180. The summed E-state index contributed by atoms with van der Waals surface area (Å²) in [6.45, 7) is 6.59. The molecule has 2 amide bonds. The molecule has 1 saturated heterocycles. The number of aryl methyl sites for hydroxylation is 1. The van der Waals surface area contributed by atoms with Gasteiger partial charge in [-0.2, -0.15) is 5.10 Å². The van der Waals surface area contributed by atoms with Crippen molar-refractivity contribution in [3.8, 4) is 0 Å². The number of aromatic nitrogens is 3. The van der Waals surface area contributed by atoms with Gasteiger partial charge < -0.3 is 14.8 Å². The molecule has 1 aliphatic heterocycles. The summed E-state index contributed by atoms with van der Waals surface area (Å²) in [6, 6.07) is 8.81. The highest BCUT2D eigenvalue weighted by Gasteiger charge is 2.31. The molecule has 7 nitrogen and oxygen atoms in total. The summed E-state index contributed by atoms with van der Waals surface area (Å²) in [5.74, 6) is 0.918. The van der Waals surface area contributed by atoms with Crippen LogP contribution < -0.4 is 0 Å². The van der Waals surface area contributed by atoms with Crippen molar-refractivity contribution in [2.75, 3.05) is 20.1 Å². The summed E-state index contributed by atoms with van der Waals surface area (Å²) in [5.41, 5.74) is 4.22. The highest BCUT2D eigenvalue weighted by molar-refractivity contribution is 5.99. The number of amides is 2. The van der Waals surface area contributed by atoms with Gasteiger partial charge in [-0.3, -0.25) is 14.3 Å². The third-order valence-electron chi connectivity index (χ3n) is 7.42. The van der Waals surface area contributed by atoms with Crippen molar-refractivity contribution >= 4 is 22.7 Å². The van der Waals surface area contributed by atoms with Crippen LogP contribution >= 0.6 is 0 Å². The van der Waals surface area contributed by atoms with Gasteiger partial charge in [-0.25, -0.2) is 0 Å². The molecule has 1 N–H and O–H groups in total. The van der Waals surface area contributed by atoms with E-state index >= 15 is 0 Å². The summed E-state index contributed by atoms with van der Waals surface area (Å²) in [5, 5.41) is 5.34. The van der Waals surface area contributed by atoms with E-state index in [2.05, 4.69) is 36.1 Å². The maximum absolute atomic E-state index is 13.0. The van der Waals surface area contributed by atoms with Crippen LogP contribution in [0.25, 0.3) is 10.9 Å². The summed E-state index contributed by atoms with van der Waals surface area (Å²) in [4.78, 5) is 33.2. The second-order valence-electron chi connectivity index (χ2n) is 10.3. The molecule has 2 aromatic heterocycles. The number of aromatic amines is 1. The number of nitrogens with zero attached hydrogens (tertiary/aromatic N) is 4. The zero-order chi connectivity index (χ0) is 23.8. The number of hydrogen-bond donors (Lipinski definition) is 1. The first kappa shape index (κ1) is 22.7. The fourth-order valence-corrected chi connectivity index (χ4v) is 5.21. The van der Waals surface area contributed by atoms with E-state index in [9.17, 15) is 9.59 Å². The molecule has 3 heterocycles. The van der Waals surface area contributed by atoms with Gasteiger partial charge in [0, 0.05) is 68.4 Å². The second-order valence-corrected chi connectivity index (χ2v) is 10.3. The largest absolute Gasteiger partial charge is 0.351 e. The van der Waals surface area contributed by atoms with E-state index < -0.39 is 0 Å². The second kappa shape index (κ2) is 9.28. The Morgan fingerprint density at radius 1 is 1.21 bits per heavy atom. The van der Waals surface area contributed by atoms with Crippen molar-refractivity contribution in [2.24, 2.45) is 0 Å². The first-order chi connectivity index (χ1) is 16.4. The monoisotopic (exact) mass is 461 g/mol. The van der Waals surface area contributed by atoms with Crippen molar-refractivity contribution in [3.05, 3.63) is 53.5 Å². The Balaban J connectivity index is 1.36. The lowest BCUT2D eigenvalue weighted by Gasteiger charge is -2.33. The Morgan fingerprint density at radius 3 is 2.74 bits per heavy atom. The van der Waals surface area contributed by atoms with Crippen molar-refractivity contribution in [3.63, 3.8) is 0 Å². The molecule has 1 aliphatic carbocycles. The third-order valence-corrected chi connectivity index (χ3v) is 7.42. The molecular weight excluding hydrogens is 426 g/mol. The van der Waals surface area contributed by atoms with Crippen molar-refractivity contribution < 1.29 is 9.59 Å². The fourth-order valence-electron chi connectivity index (χ4n) is 5.21. The summed E-state index contributed by atoms with van der Waals surface area (Å²) >= 11 is 0. The number of nitrogens with one attached hydrogen (secondary N) is 1. The minimum Gasteiger partial charge on any atom is -0.351 e. The van der Waals surface area contributed by atoms with Crippen LogP contribution in [0.5, 0.6) is 0 Å². The van der Waals surface area contributed by atoms with Crippen molar-refractivity contribution in [1.29, 1.82) is 0 Å². The number of likely N-dealkylation sites (tertiary alicyclic amines) is 1. The lowest BCUT2D eigenvalue weighted by Crippen LogP contribution is -2.39. The van der Waals surface area contributed by atoms with Gasteiger partial charge in [0.25, 0.3) is 5.91 Å². The predicted molar refractivity (Wildman–Crippen MR) is 133 cm³/mol. The number of fused-ring (bicyclic) bond motifs is 1. The van der Waals surface area contributed by atoms with Gasteiger partial charge in [0.1, 0.15) is 5.69 Å². The normalized spacial score (nSPS) is 18.6. The smallest absolute Gasteiger partial charge is 0.270 e. The molecule has 5 rings (SSSR count). The standard InChI is InChI=1S/C27H35N5O2/c1-18(2)22-14-20(15-24-23(22)16-25(29-24)27(34)30(3)21-7-8-21)19-6-4-11-31(17-19)26(33)9-13-32-12-5-10-28-32/h5,10,12,14-16,18-19,21,29H,4,6-9,11,13,17H2,1-3H3/t19-/m1/s1. The molecule has 7 heteroatoms. The number of benzene rings is 1. The van der Waals surface area contributed by atoms with Crippen LogP contribution in [0, 0.1) is 0 Å².